The zero-order chi connectivity index (χ0) is 13.0. The van der Waals surface area contributed by atoms with Crippen molar-refractivity contribution in [3.8, 4) is 0 Å². The van der Waals surface area contributed by atoms with E-state index in [4.69, 9.17) is 10.5 Å². The summed E-state index contributed by atoms with van der Waals surface area (Å²) < 4.78 is 5.74. The van der Waals surface area contributed by atoms with E-state index < -0.39 is 0 Å². The number of ether oxygens (including phenoxy) is 1. The first-order valence-corrected chi connectivity index (χ1v) is 7.54. The van der Waals surface area contributed by atoms with Crippen molar-refractivity contribution < 1.29 is 4.74 Å². The van der Waals surface area contributed by atoms with Gasteiger partial charge in [-0.05, 0) is 45.8 Å². The SMILES string of the molecule is CCCN1CCC(N2CCOC(C(C)N)C2)CC1. The Morgan fingerprint density at radius 1 is 1.28 bits per heavy atom. The van der Waals surface area contributed by atoms with Crippen molar-refractivity contribution in [1.29, 1.82) is 0 Å². The van der Waals surface area contributed by atoms with Gasteiger partial charge in [-0.25, -0.2) is 0 Å². The largest absolute Gasteiger partial charge is 0.374 e. The van der Waals surface area contributed by atoms with Crippen molar-refractivity contribution in [2.75, 3.05) is 39.3 Å². The molecule has 0 bridgehead atoms. The van der Waals surface area contributed by atoms with Gasteiger partial charge in [-0.2, -0.15) is 0 Å². The second-order valence-corrected chi connectivity index (χ2v) is 5.84. The molecular weight excluding hydrogens is 226 g/mol. The fraction of sp³-hybridized carbons (Fsp3) is 1.00. The number of likely N-dealkylation sites (tertiary alicyclic amines) is 1. The molecule has 2 N–H and O–H groups in total. The number of hydrogen-bond acceptors (Lipinski definition) is 4. The molecule has 2 unspecified atom stereocenters. The second kappa shape index (κ2) is 6.85. The smallest absolute Gasteiger partial charge is 0.0850 e. The first kappa shape index (κ1) is 14.3. The molecule has 2 aliphatic rings. The molecule has 2 rings (SSSR count). The molecule has 2 fully saturated rings. The van der Waals surface area contributed by atoms with E-state index in [1.165, 1.54) is 38.9 Å². The van der Waals surface area contributed by atoms with Crippen LogP contribution in [0.25, 0.3) is 0 Å². The third-order valence-electron chi connectivity index (χ3n) is 4.32. The van der Waals surface area contributed by atoms with Gasteiger partial charge in [0.15, 0.2) is 0 Å². The summed E-state index contributed by atoms with van der Waals surface area (Å²) in [6.07, 6.45) is 4.12. The average Bonchev–Trinajstić information content (AvgIpc) is 2.40. The summed E-state index contributed by atoms with van der Waals surface area (Å²) in [5.74, 6) is 0. The molecule has 2 atom stereocenters. The van der Waals surface area contributed by atoms with Gasteiger partial charge in [-0.15, -0.1) is 0 Å². The van der Waals surface area contributed by atoms with Gasteiger partial charge in [0.1, 0.15) is 0 Å². The molecule has 4 heteroatoms. The van der Waals surface area contributed by atoms with Crippen LogP contribution in [0.15, 0.2) is 0 Å². The van der Waals surface area contributed by atoms with Gasteiger partial charge < -0.3 is 15.4 Å². The van der Waals surface area contributed by atoms with E-state index in [9.17, 15) is 0 Å². The maximum atomic E-state index is 5.96. The van der Waals surface area contributed by atoms with Gasteiger partial charge >= 0.3 is 0 Å². The van der Waals surface area contributed by atoms with E-state index in [0.29, 0.717) is 0 Å². The predicted octanol–water partition coefficient (Wildman–Crippen LogP) is 0.909. The van der Waals surface area contributed by atoms with E-state index in [0.717, 1.165) is 25.7 Å². The monoisotopic (exact) mass is 255 g/mol. The highest BCUT2D eigenvalue weighted by atomic mass is 16.5. The molecule has 2 heterocycles. The summed E-state index contributed by atoms with van der Waals surface area (Å²) in [5, 5.41) is 0. The van der Waals surface area contributed by atoms with Crippen molar-refractivity contribution in [3.63, 3.8) is 0 Å². The molecule has 2 saturated heterocycles. The molecule has 0 aromatic heterocycles. The molecule has 0 aliphatic carbocycles. The summed E-state index contributed by atoms with van der Waals surface area (Å²) in [6, 6.07) is 0.899. The fourth-order valence-electron chi connectivity index (χ4n) is 3.17. The standard InChI is InChI=1S/C14H29N3O/c1-3-6-16-7-4-13(5-8-16)17-9-10-18-14(11-17)12(2)15/h12-14H,3-11,15H2,1-2H3. The molecule has 18 heavy (non-hydrogen) atoms. The van der Waals surface area contributed by atoms with Crippen molar-refractivity contribution >= 4 is 0 Å². The maximum absolute atomic E-state index is 5.96. The Kier molecular flexibility index (Phi) is 5.42. The molecule has 0 amide bonds. The quantitative estimate of drug-likeness (QED) is 0.811. The van der Waals surface area contributed by atoms with E-state index in [-0.39, 0.29) is 12.1 Å². The predicted molar refractivity (Wildman–Crippen MR) is 74.7 cm³/mol. The lowest BCUT2D eigenvalue weighted by atomic mass is 10.0. The highest BCUT2D eigenvalue weighted by molar-refractivity contribution is 4.85. The minimum absolute atomic E-state index is 0.146. The van der Waals surface area contributed by atoms with E-state index in [1.807, 2.05) is 0 Å². The summed E-state index contributed by atoms with van der Waals surface area (Å²) >= 11 is 0. The number of nitrogens with zero attached hydrogens (tertiary/aromatic N) is 2. The minimum atomic E-state index is 0.146. The molecule has 106 valence electrons. The van der Waals surface area contributed by atoms with Crippen molar-refractivity contribution in [2.24, 2.45) is 5.73 Å². The van der Waals surface area contributed by atoms with Crippen LogP contribution < -0.4 is 5.73 Å². The van der Waals surface area contributed by atoms with E-state index in [2.05, 4.69) is 23.6 Å². The summed E-state index contributed by atoms with van der Waals surface area (Å²) in [4.78, 5) is 5.21. The van der Waals surface area contributed by atoms with Gasteiger partial charge in [0.2, 0.25) is 0 Å². The van der Waals surface area contributed by atoms with Gasteiger partial charge in [0, 0.05) is 25.2 Å². The topological polar surface area (TPSA) is 41.7 Å². The molecule has 2 aliphatic heterocycles. The highest BCUT2D eigenvalue weighted by Gasteiger charge is 2.30. The van der Waals surface area contributed by atoms with Crippen molar-refractivity contribution in [3.05, 3.63) is 0 Å². The number of hydrogen-bond donors (Lipinski definition) is 1. The van der Waals surface area contributed by atoms with Crippen LogP contribution in [0, 0.1) is 0 Å². The van der Waals surface area contributed by atoms with Crippen LogP contribution >= 0.6 is 0 Å². The maximum Gasteiger partial charge on any atom is 0.0850 e. The summed E-state index contributed by atoms with van der Waals surface area (Å²) in [7, 11) is 0. The number of morpholine rings is 1. The average molecular weight is 255 g/mol. The Labute approximate surface area is 111 Å². The van der Waals surface area contributed by atoms with Crippen LogP contribution in [-0.4, -0.2) is 67.3 Å². The lowest BCUT2D eigenvalue weighted by Gasteiger charge is -2.43. The van der Waals surface area contributed by atoms with Crippen LogP contribution in [-0.2, 0) is 4.74 Å². The second-order valence-electron chi connectivity index (χ2n) is 5.84. The fourth-order valence-corrected chi connectivity index (χ4v) is 3.17. The molecule has 0 aromatic carbocycles. The lowest BCUT2D eigenvalue weighted by Crippen LogP contribution is -2.55. The normalized spacial score (nSPS) is 30.5. The molecule has 4 nitrogen and oxygen atoms in total. The first-order valence-electron chi connectivity index (χ1n) is 7.54. The zero-order valence-electron chi connectivity index (χ0n) is 12.0. The molecule has 0 saturated carbocycles. The molecule has 0 radical (unpaired) electrons. The van der Waals surface area contributed by atoms with Crippen LogP contribution in [0.4, 0.5) is 0 Å². The number of piperidine rings is 1. The Bertz CT molecular complexity index is 239. The molecule has 0 aromatic rings. The van der Waals surface area contributed by atoms with Gasteiger partial charge in [0.05, 0.1) is 12.7 Å². The van der Waals surface area contributed by atoms with Gasteiger partial charge in [-0.3, -0.25) is 4.90 Å². The first-order chi connectivity index (χ1) is 8.70. The summed E-state index contributed by atoms with van der Waals surface area (Å²) in [5.41, 5.74) is 5.96. The van der Waals surface area contributed by atoms with Crippen LogP contribution in [0.2, 0.25) is 0 Å². The Morgan fingerprint density at radius 2 is 2.00 bits per heavy atom. The Morgan fingerprint density at radius 3 is 2.61 bits per heavy atom. The van der Waals surface area contributed by atoms with Crippen LogP contribution in [0.3, 0.4) is 0 Å². The molecular formula is C14H29N3O. The Hall–Kier alpha value is -0.160. The third kappa shape index (κ3) is 3.67. The van der Waals surface area contributed by atoms with Crippen LogP contribution in [0.5, 0.6) is 0 Å². The minimum Gasteiger partial charge on any atom is -0.374 e. The van der Waals surface area contributed by atoms with Gasteiger partial charge in [0.25, 0.3) is 0 Å². The third-order valence-corrected chi connectivity index (χ3v) is 4.32. The van der Waals surface area contributed by atoms with E-state index >= 15 is 0 Å². The Balaban J connectivity index is 1.78. The van der Waals surface area contributed by atoms with Crippen molar-refractivity contribution in [2.45, 2.75) is 51.3 Å². The zero-order valence-corrected chi connectivity index (χ0v) is 12.0. The van der Waals surface area contributed by atoms with Crippen LogP contribution in [0.1, 0.15) is 33.1 Å². The lowest BCUT2D eigenvalue weighted by molar-refractivity contribution is -0.0592. The van der Waals surface area contributed by atoms with E-state index in [1.54, 1.807) is 0 Å². The number of nitrogens with two attached hydrogens (primary N) is 1. The van der Waals surface area contributed by atoms with Gasteiger partial charge in [-0.1, -0.05) is 6.92 Å². The highest BCUT2D eigenvalue weighted by Crippen LogP contribution is 2.20. The molecule has 0 spiro atoms. The summed E-state index contributed by atoms with van der Waals surface area (Å²) in [6.45, 7) is 11.1. The number of rotatable bonds is 4. The van der Waals surface area contributed by atoms with Crippen molar-refractivity contribution in [1.82, 2.24) is 9.80 Å².